The van der Waals surface area contributed by atoms with Gasteiger partial charge in [0.15, 0.2) is 0 Å². The number of anilines is 2. The summed E-state index contributed by atoms with van der Waals surface area (Å²) in [6, 6.07) is 15.6. The first-order chi connectivity index (χ1) is 12.5. The Morgan fingerprint density at radius 2 is 1.62 bits per heavy atom. The van der Waals surface area contributed by atoms with Gasteiger partial charge in [-0.2, -0.15) is 0 Å². The maximum Gasteiger partial charge on any atom is 0.274 e. The quantitative estimate of drug-likeness (QED) is 0.717. The minimum atomic E-state index is -0.576. The molecule has 2 amide bonds. The zero-order chi connectivity index (χ0) is 18.5. The average Bonchev–Trinajstić information content (AvgIpc) is 2.65. The molecule has 0 saturated heterocycles. The highest BCUT2D eigenvalue weighted by Crippen LogP contribution is 2.20. The lowest BCUT2D eigenvalue weighted by Crippen LogP contribution is -2.17. The molecule has 7 heteroatoms. The van der Waals surface area contributed by atoms with Gasteiger partial charge in [0.25, 0.3) is 11.8 Å². The number of carbonyl (C=O) groups excluding carboxylic acids is 2. The molecular weight excluding hydrogens is 357 g/mol. The van der Waals surface area contributed by atoms with Gasteiger partial charge >= 0.3 is 0 Å². The molecule has 26 heavy (non-hydrogen) atoms. The van der Waals surface area contributed by atoms with Crippen molar-refractivity contribution in [2.75, 3.05) is 10.6 Å². The van der Waals surface area contributed by atoms with Gasteiger partial charge < -0.3 is 10.6 Å². The first-order valence-corrected chi connectivity index (χ1v) is 7.99. The van der Waals surface area contributed by atoms with Crippen LogP contribution in [-0.2, 0) is 0 Å². The smallest absolute Gasteiger partial charge is 0.274 e. The second kappa shape index (κ2) is 7.76. The zero-order valence-electron chi connectivity index (χ0n) is 13.4. The summed E-state index contributed by atoms with van der Waals surface area (Å²) in [5, 5.41) is 5.19. The van der Waals surface area contributed by atoms with Gasteiger partial charge in [-0.1, -0.05) is 29.8 Å². The van der Waals surface area contributed by atoms with Crippen molar-refractivity contribution < 1.29 is 14.0 Å². The first-order valence-electron chi connectivity index (χ1n) is 7.62. The Hall–Kier alpha value is -3.25. The van der Waals surface area contributed by atoms with Crippen molar-refractivity contribution in [2.45, 2.75) is 0 Å². The van der Waals surface area contributed by atoms with E-state index in [0.717, 1.165) is 6.07 Å². The average molecular weight is 370 g/mol. The van der Waals surface area contributed by atoms with Crippen LogP contribution in [0.3, 0.4) is 0 Å². The summed E-state index contributed by atoms with van der Waals surface area (Å²) in [5.41, 5.74) is 1.29. The number of pyridine rings is 1. The van der Waals surface area contributed by atoms with Gasteiger partial charge in [0.1, 0.15) is 11.5 Å². The van der Waals surface area contributed by atoms with E-state index in [9.17, 15) is 14.0 Å². The molecular formula is C19H13ClFN3O2. The third kappa shape index (κ3) is 4.23. The molecule has 5 nitrogen and oxygen atoms in total. The van der Waals surface area contributed by atoms with Gasteiger partial charge in [0.05, 0.1) is 5.02 Å². The van der Waals surface area contributed by atoms with Crippen LogP contribution < -0.4 is 10.6 Å². The number of halogens is 2. The van der Waals surface area contributed by atoms with Crippen LogP contribution in [0.25, 0.3) is 0 Å². The largest absolute Gasteiger partial charge is 0.322 e. The van der Waals surface area contributed by atoms with Gasteiger partial charge in [0, 0.05) is 23.1 Å². The first kappa shape index (κ1) is 17.6. The van der Waals surface area contributed by atoms with E-state index in [0.29, 0.717) is 11.4 Å². The number of benzene rings is 2. The molecule has 0 saturated carbocycles. The van der Waals surface area contributed by atoms with Gasteiger partial charge in [0.2, 0.25) is 0 Å². The van der Waals surface area contributed by atoms with Crippen LogP contribution in [-0.4, -0.2) is 16.8 Å². The van der Waals surface area contributed by atoms with E-state index in [2.05, 4.69) is 15.6 Å². The van der Waals surface area contributed by atoms with E-state index < -0.39 is 17.6 Å². The second-order valence-corrected chi connectivity index (χ2v) is 5.74. The monoisotopic (exact) mass is 369 g/mol. The van der Waals surface area contributed by atoms with Crippen LogP contribution in [0.15, 0.2) is 66.9 Å². The number of hydrogen-bond acceptors (Lipinski definition) is 3. The van der Waals surface area contributed by atoms with Crippen molar-refractivity contribution in [3.8, 4) is 0 Å². The summed E-state index contributed by atoms with van der Waals surface area (Å²) in [4.78, 5) is 28.6. The van der Waals surface area contributed by atoms with Crippen molar-refractivity contribution in [3.05, 3.63) is 89.0 Å². The third-order valence-electron chi connectivity index (χ3n) is 3.46. The van der Waals surface area contributed by atoms with Crippen molar-refractivity contribution in [3.63, 3.8) is 0 Å². The molecule has 3 rings (SSSR count). The summed E-state index contributed by atoms with van der Waals surface area (Å²) in [7, 11) is 0. The number of nitrogens with one attached hydrogen (secondary N) is 2. The fourth-order valence-electron chi connectivity index (χ4n) is 2.19. The summed E-state index contributed by atoms with van der Waals surface area (Å²) >= 11 is 5.70. The number of para-hydroxylation sites is 1. The van der Waals surface area contributed by atoms with Crippen LogP contribution in [0.4, 0.5) is 15.8 Å². The Morgan fingerprint density at radius 1 is 0.885 bits per heavy atom. The maximum absolute atomic E-state index is 13.2. The van der Waals surface area contributed by atoms with Gasteiger partial charge in [-0.25, -0.2) is 4.39 Å². The fraction of sp³-hybridized carbons (Fsp3) is 0. The number of aromatic nitrogens is 1. The summed E-state index contributed by atoms with van der Waals surface area (Å²) in [6.45, 7) is 0. The Balaban J connectivity index is 1.74. The lowest BCUT2D eigenvalue weighted by molar-refractivity contribution is 0.102. The molecule has 0 radical (unpaired) electrons. The molecule has 1 aromatic heterocycles. The Morgan fingerprint density at radius 3 is 2.35 bits per heavy atom. The zero-order valence-corrected chi connectivity index (χ0v) is 14.1. The third-order valence-corrected chi connectivity index (χ3v) is 3.75. The standard InChI is InChI=1S/C19H13ClFN3O2/c20-15-11-14(6-7-16(15)21)24-18(25)12-8-9-22-17(10-12)19(26)23-13-4-2-1-3-5-13/h1-11H,(H,23,26)(H,24,25). The number of carbonyl (C=O) groups is 2. The van der Waals surface area contributed by atoms with E-state index in [1.54, 1.807) is 24.3 Å². The van der Waals surface area contributed by atoms with Crippen LogP contribution in [0.1, 0.15) is 20.8 Å². The van der Waals surface area contributed by atoms with Crippen LogP contribution >= 0.6 is 11.6 Å². The molecule has 130 valence electrons. The molecule has 0 unspecified atom stereocenters. The molecule has 0 aliphatic rings. The molecule has 3 aromatic rings. The lowest BCUT2D eigenvalue weighted by Gasteiger charge is -2.08. The van der Waals surface area contributed by atoms with E-state index in [1.807, 2.05) is 6.07 Å². The van der Waals surface area contributed by atoms with Crippen molar-refractivity contribution >= 4 is 34.8 Å². The van der Waals surface area contributed by atoms with E-state index in [1.165, 1.54) is 30.5 Å². The minimum absolute atomic E-state index is 0.0960. The predicted molar refractivity (Wildman–Crippen MR) is 98.0 cm³/mol. The molecule has 0 fully saturated rings. The Bertz CT molecular complexity index is 964. The summed E-state index contributed by atoms with van der Waals surface area (Å²) in [6.07, 6.45) is 1.37. The summed E-state index contributed by atoms with van der Waals surface area (Å²) in [5.74, 6) is -1.48. The molecule has 0 atom stereocenters. The number of nitrogens with zero attached hydrogens (tertiary/aromatic N) is 1. The molecule has 0 aliphatic heterocycles. The highest BCUT2D eigenvalue weighted by atomic mass is 35.5. The van der Waals surface area contributed by atoms with Crippen molar-refractivity contribution in [2.24, 2.45) is 0 Å². The van der Waals surface area contributed by atoms with Gasteiger partial charge in [-0.3, -0.25) is 14.6 Å². The Labute approximate surface area is 153 Å². The van der Waals surface area contributed by atoms with E-state index >= 15 is 0 Å². The molecule has 0 spiro atoms. The normalized spacial score (nSPS) is 10.2. The number of rotatable bonds is 4. The van der Waals surface area contributed by atoms with E-state index in [-0.39, 0.29) is 16.3 Å². The maximum atomic E-state index is 13.2. The molecule has 1 heterocycles. The molecule has 2 aromatic carbocycles. The summed E-state index contributed by atoms with van der Waals surface area (Å²) < 4.78 is 13.2. The van der Waals surface area contributed by atoms with Crippen LogP contribution in [0.2, 0.25) is 5.02 Å². The molecule has 0 aliphatic carbocycles. The van der Waals surface area contributed by atoms with Crippen molar-refractivity contribution in [1.29, 1.82) is 0 Å². The van der Waals surface area contributed by atoms with Crippen LogP contribution in [0.5, 0.6) is 0 Å². The molecule has 0 bridgehead atoms. The Kier molecular flexibility index (Phi) is 5.24. The fourth-order valence-corrected chi connectivity index (χ4v) is 2.37. The highest BCUT2D eigenvalue weighted by Gasteiger charge is 2.13. The second-order valence-electron chi connectivity index (χ2n) is 5.33. The highest BCUT2D eigenvalue weighted by molar-refractivity contribution is 6.31. The topological polar surface area (TPSA) is 71.1 Å². The van der Waals surface area contributed by atoms with Gasteiger partial charge in [-0.15, -0.1) is 0 Å². The van der Waals surface area contributed by atoms with Crippen LogP contribution in [0, 0.1) is 5.82 Å². The SMILES string of the molecule is O=C(Nc1ccc(F)c(Cl)c1)c1ccnc(C(=O)Nc2ccccc2)c1. The molecule has 2 N–H and O–H groups in total. The predicted octanol–water partition coefficient (Wildman–Crippen LogP) is 4.38. The lowest BCUT2D eigenvalue weighted by atomic mass is 10.2. The van der Waals surface area contributed by atoms with Gasteiger partial charge in [-0.05, 0) is 42.5 Å². The van der Waals surface area contributed by atoms with E-state index in [4.69, 9.17) is 11.6 Å². The minimum Gasteiger partial charge on any atom is -0.322 e. The van der Waals surface area contributed by atoms with Crippen molar-refractivity contribution in [1.82, 2.24) is 4.98 Å². The number of hydrogen-bond donors (Lipinski definition) is 2. The number of amides is 2.